The van der Waals surface area contributed by atoms with Crippen molar-refractivity contribution >= 4 is 0 Å². The standard InChI is InChI=1S/C10H21N/c1-10(2,3)5-4-8-6-9(11)7-8/h8-9H,4-7,11H2,1-3H3/t8-,9+. The van der Waals surface area contributed by atoms with Crippen molar-refractivity contribution in [2.75, 3.05) is 0 Å². The van der Waals surface area contributed by atoms with Crippen LogP contribution in [-0.2, 0) is 0 Å². The molecule has 1 aliphatic carbocycles. The molecule has 0 aromatic rings. The molecule has 0 atom stereocenters. The Labute approximate surface area is 70.4 Å². The molecular formula is C10H21N. The van der Waals surface area contributed by atoms with Crippen molar-refractivity contribution in [3.63, 3.8) is 0 Å². The maximum absolute atomic E-state index is 5.71. The normalized spacial score (nSPS) is 31.6. The molecule has 1 aliphatic rings. The van der Waals surface area contributed by atoms with Crippen LogP contribution in [0, 0.1) is 11.3 Å². The molecular weight excluding hydrogens is 134 g/mol. The molecule has 1 rings (SSSR count). The first-order valence-corrected chi connectivity index (χ1v) is 4.73. The molecule has 0 aliphatic heterocycles. The maximum atomic E-state index is 5.71. The fourth-order valence-corrected chi connectivity index (χ4v) is 1.66. The zero-order valence-corrected chi connectivity index (χ0v) is 8.06. The molecule has 0 aromatic carbocycles. The lowest BCUT2D eigenvalue weighted by Gasteiger charge is -2.34. The van der Waals surface area contributed by atoms with Crippen molar-refractivity contribution in [2.24, 2.45) is 17.1 Å². The molecule has 0 aromatic heterocycles. The van der Waals surface area contributed by atoms with Gasteiger partial charge in [-0.3, -0.25) is 0 Å². The summed E-state index contributed by atoms with van der Waals surface area (Å²) >= 11 is 0. The topological polar surface area (TPSA) is 26.0 Å². The summed E-state index contributed by atoms with van der Waals surface area (Å²) in [5.74, 6) is 0.948. The minimum absolute atomic E-state index is 0.514. The second kappa shape index (κ2) is 3.14. The molecule has 0 unspecified atom stereocenters. The number of rotatable bonds is 2. The number of hydrogen-bond acceptors (Lipinski definition) is 1. The van der Waals surface area contributed by atoms with Crippen LogP contribution >= 0.6 is 0 Å². The summed E-state index contributed by atoms with van der Waals surface area (Å²) in [6, 6.07) is 0.528. The van der Waals surface area contributed by atoms with Gasteiger partial charge in [-0.15, -0.1) is 0 Å². The summed E-state index contributed by atoms with van der Waals surface area (Å²) in [6.45, 7) is 6.93. The lowest BCUT2D eigenvalue weighted by Crippen LogP contribution is -2.36. The third kappa shape index (κ3) is 3.24. The molecule has 1 fully saturated rings. The molecule has 1 nitrogen and oxygen atoms in total. The van der Waals surface area contributed by atoms with Crippen LogP contribution in [0.2, 0.25) is 0 Å². The summed E-state index contributed by atoms with van der Waals surface area (Å²) in [4.78, 5) is 0. The van der Waals surface area contributed by atoms with Crippen LogP contribution < -0.4 is 5.73 Å². The van der Waals surface area contributed by atoms with Gasteiger partial charge in [0.15, 0.2) is 0 Å². The largest absolute Gasteiger partial charge is 0.328 e. The van der Waals surface area contributed by atoms with E-state index in [2.05, 4.69) is 20.8 Å². The summed E-state index contributed by atoms with van der Waals surface area (Å²) < 4.78 is 0. The number of nitrogens with two attached hydrogens (primary N) is 1. The number of hydrogen-bond donors (Lipinski definition) is 1. The summed E-state index contributed by atoms with van der Waals surface area (Å²) in [5, 5.41) is 0. The Kier molecular flexibility index (Phi) is 2.58. The molecule has 11 heavy (non-hydrogen) atoms. The molecule has 0 heterocycles. The minimum atomic E-state index is 0.514. The molecule has 0 radical (unpaired) electrons. The van der Waals surface area contributed by atoms with Gasteiger partial charge >= 0.3 is 0 Å². The van der Waals surface area contributed by atoms with Gasteiger partial charge < -0.3 is 5.73 Å². The fraction of sp³-hybridized carbons (Fsp3) is 1.00. The molecule has 1 saturated carbocycles. The molecule has 0 spiro atoms. The molecule has 0 saturated heterocycles. The van der Waals surface area contributed by atoms with Gasteiger partial charge in [0.05, 0.1) is 0 Å². The molecule has 66 valence electrons. The van der Waals surface area contributed by atoms with E-state index in [0.29, 0.717) is 11.5 Å². The summed E-state index contributed by atoms with van der Waals surface area (Å²) in [6.07, 6.45) is 5.29. The predicted molar refractivity (Wildman–Crippen MR) is 49.4 cm³/mol. The van der Waals surface area contributed by atoms with Gasteiger partial charge in [0.2, 0.25) is 0 Å². The Bertz CT molecular complexity index is 117. The second-order valence-corrected chi connectivity index (χ2v) is 5.20. The van der Waals surface area contributed by atoms with E-state index in [1.807, 2.05) is 0 Å². The lowest BCUT2D eigenvalue weighted by molar-refractivity contribution is 0.214. The van der Waals surface area contributed by atoms with Gasteiger partial charge in [0, 0.05) is 6.04 Å². The van der Waals surface area contributed by atoms with Crippen LogP contribution in [0.25, 0.3) is 0 Å². The Balaban J connectivity index is 2.05. The van der Waals surface area contributed by atoms with E-state index in [4.69, 9.17) is 5.73 Å². The van der Waals surface area contributed by atoms with E-state index >= 15 is 0 Å². The van der Waals surface area contributed by atoms with Gasteiger partial charge in [-0.25, -0.2) is 0 Å². The minimum Gasteiger partial charge on any atom is -0.328 e. The van der Waals surface area contributed by atoms with Crippen molar-refractivity contribution in [1.29, 1.82) is 0 Å². The van der Waals surface area contributed by atoms with Crippen molar-refractivity contribution < 1.29 is 0 Å². The van der Waals surface area contributed by atoms with Gasteiger partial charge in [-0.2, -0.15) is 0 Å². The van der Waals surface area contributed by atoms with E-state index in [1.54, 1.807) is 0 Å². The van der Waals surface area contributed by atoms with Crippen LogP contribution in [0.5, 0.6) is 0 Å². The Morgan fingerprint density at radius 3 is 2.18 bits per heavy atom. The quantitative estimate of drug-likeness (QED) is 0.651. The highest BCUT2D eigenvalue weighted by Gasteiger charge is 2.26. The smallest absolute Gasteiger partial charge is 0.00441 e. The van der Waals surface area contributed by atoms with Crippen molar-refractivity contribution in [2.45, 2.75) is 52.5 Å². The van der Waals surface area contributed by atoms with Crippen LogP contribution in [0.3, 0.4) is 0 Å². The highest BCUT2D eigenvalue weighted by atomic mass is 14.7. The van der Waals surface area contributed by atoms with E-state index in [9.17, 15) is 0 Å². The third-order valence-electron chi connectivity index (χ3n) is 2.57. The maximum Gasteiger partial charge on any atom is 0.00441 e. The first kappa shape index (κ1) is 9.05. The Hall–Kier alpha value is -0.0400. The zero-order chi connectivity index (χ0) is 8.48. The first-order valence-electron chi connectivity index (χ1n) is 4.73. The highest BCUT2D eigenvalue weighted by Crippen LogP contribution is 2.33. The summed E-state index contributed by atoms with van der Waals surface area (Å²) in [5.41, 5.74) is 6.22. The molecule has 0 amide bonds. The highest BCUT2D eigenvalue weighted by molar-refractivity contribution is 4.82. The van der Waals surface area contributed by atoms with Gasteiger partial charge in [-0.1, -0.05) is 20.8 Å². The van der Waals surface area contributed by atoms with Crippen LogP contribution in [0.4, 0.5) is 0 Å². The van der Waals surface area contributed by atoms with Crippen LogP contribution in [-0.4, -0.2) is 6.04 Å². The van der Waals surface area contributed by atoms with E-state index in [-0.39, 0.29) is 0 Å². The van der Waals surface area contributed by atoms with Crippen LogP contribution in [0.15, 0.2) is 0 Å². The molecule has 0 bridgehead atoms. The monoisotopic (exact) mass is 155 g/mol. The Morgan fingerprint density at radius 2 is 1.82 bits per heavy atom. The average molecular weight is 155 g/mol. The predicted octanol–water partition coefficient (Wildman–Crippen LogP) is 2.55. The Morgan fingerprint density at radius 1 is 1.27 bits per heavy atom. The van der Waals surface area contributed by atoms with Gasteiger partial charge in [0.1, 0.15) is 0 Å². The van der Waals surface area contributed by atoms with Gasteiger partial charge in [-0.05, 0) is 37.0 Å². The van der Waals surface area contributed by atoms with E-state index < -0.39 is 0 Å². The van der Waals surface area contributed by atoms with E-state index in [1.165, 1.54) is 25.7 Å². The zero-order valence-electron chi connectivity index (χ0n) is 8.06. The first-order chi connectivity index (χ1) is 4.97. The van der Waals surface area contributed by atoms with Crippen LogP contribution in [0.1, 0.15) is 46.5 Å². The second-order valence-electron chi connectivity index (χ2n) is 5.20. The third-order valence-corrected chi connectivity index (χ3v) is 2.57. The lowest BCUT2D eigenvalue weighted by atomic mass is 9.75. The van der Waals surface area contributed by atoms with E-state index in [0.717, 1.165) is 5.92 Å². The van der Waals surface area contributed by atoms with Crippen molar-refractivity contribution in [3.05, 3.63) is 0 Å². The van der Waals surface area contributed by atoms with Crippen molar-refractivity contribution in [3.8, 4) is 0 Å². The van der Waals surface area contributed by atoms with Crippen molar-refractivity contribution in [1.82, 2.24) is 0 Å². The SMILES string of the molecule is CC(C)(C)CC[C@H]1C[C@@H](N)C1. The fourth-order valence-electron chi connectivity index (χ4n) is 1.66. The molecule has 1 heteroatoms. The summed E-state index contributed by atoms with van der Waals surface area (Å²) in [7, 11) is 0. The average Bonchev–Trinajstić information content (AvgIpc) is 1.75. The van der Waals surface area contributed by atoms with Gasteiger partial charge in [0.25, 0.3) is 0 Å². The molecule has 2 N–H and O–H groups in total.